The summed E-state index contributed by atoms with van der Waals surface area (Å²) in [7, 11) is -3.46. The molecule has 0 bridgehead atoms. The van der Waals surface area contributed by atoms with Crippen molar-refractivity contribution in [3.8, 4) is 0 Å². The van der Waals surface area contributed by atoms with E-state index in [9.17, 15) is 13.5 Å². The Morgan fingerprint density at radius 1 is 0.839 bits per heavy atom. The Kier molecular flexibility index (Phi) is 6.14. The number of hydrogen-bond acceptors (Lipinski definition) is 3. The van der Waals surface area contributed by atoms with Gasteiger partial charge in [-0.25, -0.2) is 8.42 Å². The molecule has 0 fully saturated rings. The molecule has 0 amide bonds. The number of sulfonamides is 1. The minimum absolute atomic E-state index is 0.0244. The average molecular weight is 437 g/mol. The van der Waals surface area contributed by atoms with Gasteiger partial charge in [0.2, 0.25) is 10.0 Å². The van der Waals surface area contributed by atoms with Crippen LogP contribution in [0.3, 0.4) is 0 Å². The fourth-order valence-electron chi connectivity index (χ4n) is 4.24. The molecule has 31 heavy (non-hydrogen) atoms. The molecule has 0 radical (unpaired) electrons. The summed E-state index contributed by atoms with van der Waals surface area (Å²) in [6.45, 7) is 2.70. The van der Waals surface area contributed by atoms with Crippen molar-refractivity contribution in [3.05, 3.63) is 84.4 Å². The van der Waals surface area contributed by atoms with Crippen molar-refractivity contribution < 1.29 is 13.5 Å². The van der Waals surface area contributed by atoms with Crippen LogP contribution in [-0.2, 0) is 16.6 Å². The highest BCUT2D eigenvalue weighted by atomic mass is 32.2. The van der Waals surface area contributed by atoms with E-state index in [1.807, 2.05) is 73.7 Å². The Hall–Kier alpha value is -2.67. The zero-order valence-electron chi connectivity index (χ0n) is 17.8. The van der Waals surface area contributed by atoms with E-state index in [1.165, 1.54) is 10.6 Å². The predicted molar refractivity (Wildman–Crippen MR) is 127 cm³/mol. The summed E-state index contributed by atoms with van der Waals surface area (Å²) < 4.78 is 28.4. The summed E-state index contributed by atoms with van der Waals surface area (Å²) in [4.78, 5) is 0. The molecule has 4 aromatic rings. The van der Waals surface area contributed by atoms with Gasteiger partial charge in [-0.05, 0) is 23.6 Å². The summed E-state index contributed by atoms with van der Waals surface area (Å²) in [5, 5.41) is 13.2. The number of benzene rings is 3. The zero-order valence-corrected chi connectivity index (χ0v) is 18.7. The zero-order chi connectivity index (χ0) is 22.0. The summed E-state index contributed by atoms with van der Waals surface area (Å²) >= 11 is 0. The number of hydrogen-bond donors (Lipinski definition) is 1. The third kappa shape index (κ3) is 4.66. The second-order valence-electron chi connectivity index (χ2n) is 8.19. The van der Waals surface area contributed by atoms with Crippen LogP contribution >= 0.6 is 0 Å². The number of aromatic nitrogens is 1. The van der Waals surface area contributed by atoms with Gasteiger partial charge in [0, 0.05) is 34.9 Å². The SMILES string of the molecule is CC(CN(CC(O)Cn1c2ccccc2c2ccccc21)S(C)(=O)=O)c1ccccc1. The van der Waals surface area contributed by atoms with Gasteiger partial charge in [-0.15, -0.1) is 0 Å². The van der Waals surface area contributed by atoms with Crippen LogP contribution in [0.4, 0.5) is 0 Å². The van der Waals surface area contributed by atoms with Gasteiger partial charge in [0.05, 0.1) is 18.9 Å². The molecule has 0 saturated carbocycles. The predicted octanol–water partition coefficient (Wildman–Crippen LogP) is 4.22. The lowest BCUT2D eigenvalue weighted by Gasteiger charge is -2.26. The van der Waals surface area contributed by atoms with E-state index < -0.39 is 16.1 Å². The highest BCUT2D eigenvalue weighted by Crippen LogP contribution is 2.29. The molecule has 2 unspecified atom stereocenters. The molecule has 5 nitrogen and oxygen atoms in total. The lowest BCUT2D eigenvalue weighted by atomic mass is 10.0. The third-order valence-corrected chi connectivity index (χ3v) is 7.04. The summed E-state index contributed by atoms with van der Waals surface area (Å²) in [6.07, 6.45) is 0.370. The number of nitrogens with zero attached hydrogens (tertiary/aromatic N) is 2. The van der Waals surface area contributed by atoms with Gasteiger partial charge in [0.25, 0.3) is 0 Å². The largest absolute Gasteiger partial charge is 0.390 e. The van der Waals surface area contributed by atoms with Gasteiger partial charge in [-0.2, -0.15) is 4.31 Å². The van der Waals surface area contributed by atoms with Crippen molar-refractivity contribution in [2.75, 3.05) is 19.3 Å². The number of rotatable bonds is 8. The van der Waals surface area contributed by atoms with Gasteiger partial charge in [0.15, 0.2) is 0 Å². The fraction of sp³-hybridized carbons (Fsp3) is 0.280. The average Bonchev–Trinajstić information content (AvgIpc) is 3.07. The van der Waals surface area contributed by atoms with Gasteiger partial charge >= 0.3 is 0 Å². The van der Waals surface area contributed by atoms with E-state index in [2.05, 4.69) is 16.7 Å². The molecule has 1 heterocycles. The van der Waals surface area contributed by atoms with Crippen LogP contribution < -0.4 is 0 Å². The molecule has 162 valence electrons. The highest BCUT2D eigenvalue weighted by molar-refractivity contribution is 7.88. The standard InChI is InChI=1S/C25H28N2O3S/c1-19(20-10-4-3-5-11-20)16-26(31(2,29)30)17-21(28)18-27-24-14-8-6-12-22(24)23-13-7-9-15-25(23)27/h3-15,19,21,28H,16-18H2,1-2H3. The van der Waals surface area contributed by atoms with Crippen LogP contribution in [0.25, 0.3) is 21.8 Å². The molecule has 0 spiro atoms. The van der Waals surface area contributed by atoms with E-state index in [0.717, 1.165) is 27.4 Å². The number of fused-ring (bicyclic) bond motifs is 3. The van der Waals surface area contributed by atoms with Crippen LogP contribution in [0, 0.1) is 0 Å². The smallest absolute Gasteiger partial charge is 0.211 e. The first-order valence-electron chi connectivity index (χ1n) is 10.5. The molecule has 0 saturated heterocycles. The number of para-hydroxylation sites is 2. The molecule has 1 N–H and O–H groups in total. The maximum absolute atomic E-state index is 12.5. The molecule has 0 aliphatic heterocycles. The Morgan fingerprint density at radius 3 is 1.90 bits per heavy atom. The van der Waals surface area contributed by atoms with Crippen LogP contribution in [0.1, 0.15) is 18.4 Å². The summed E-state index contributed by atoms with van der Waals surface area (Å²) in [5.41, 5.74) is 3.14. The van der Waals surface area contributed by atoms with Crippen molar-refractivity contribution in [1.82, 2.24) is 8.87 Å². The second-order valence-corrected chi connectivity index (χ2v) is 10.2. The first-order chi connectivity index (χ1) is 14.8. The summed E-state index contributed by atoms with van der Waals surface area (Å²) in [6, 6.07) is 26.0. The second kappa shape index (κ2) is 8.83. The Balaban J connectivity index is 1.58. The van der Waals surface area contributed by atoms with Gasteiger partial charge in [-0.1, -0.05) is 73.7 Å². The van der Waals surface area contributed by atoms with Gasteiger partial charge < -0.3 is 9.67 Å². The molecular formula is C25H28N2O3S. The molecule has 4 rings (SSSR count). The van der Waals surface area contributed by atoms with Crippen LogP contribution in [0.5, 0.6) is 0 Å². The molecule has 1 aromatic heterocycles. The van der Waals surface area contributed by atoms with Crippen LogP contribution in [0.2, 0.25) is 0 Å². The van der Waals surface area contributed by atoms with E-state index in [1.54, 1.807) is 0 Å². The van der Waals surface area contributed by atoms with E-state index >= 15 is 0 Å². The maximum atomic E-state index is 12.5. The van der Waals surface area contributed by atoms with Crippen LogP contribution in [-0.4, -0.2) is 47.8 Å². The fourth-order valence-corrected chi connectivity index (χ4v) is 5.18. The molecule has 0 aliphatic rings. The van der Waals surface area contributed by atoms with Gasteiger partial charge in [0.1, 0.15) is 0 Å². The molecular weight excluding hydrogens is 408 g/mol. The molecule has 3 aromatic carbocycles. The maximum Gasteiger partial charge on any atom is 0.211 e. The quantitative estimate of drug-likeness (QED) is 0.450. The lowest BCUT2D eigenvalue weighted by molar-refractivity contribution is 0.129. The summed E-state index contributed by atoms with van der Waals surface area (Å²) in [5.74, 6) is 0.0244. The van der Waals surface area contributed by atoms with Crippen molar-refractivity contribution in [1.29, 1.82) is 0 Å². The number of aliphatic hydroxyl groups is 1. The van der Waals surface area contributed by atoms with Crippen molar-refractivity contribution in [2.24, 2.45) is 0 Å². The van der Waals surface area contributed by atoms with Crippen molar-refractivity contribution in [2.45, 2.75) is 25.5 Å². The van der Waals surface area contributed by atoms with Gasteiger partial charge in [-0.3, -0.25) is 0 Å². The first kappa shape index (κ1) is 21.6. The first-order valence-corrected chi connectivity index (χ1v) is 12.3. The van der Waals surface area contributed by atoms with E-state index in [-0.39, 0.29) is 12.5 Å². The monoisotopic (exact) mass is 436 g/mol. The molecule has 0 aliphatic carbocycles. The highest BCUT2D eigenvalue weighted by Gasteiger charge is 2.24. The normalized spacial score (nSPS) is 14.3. The van der Waals surface area contributed by atoms with Crippen LogP contribution in [0.15, 0.2) is 78.9 Å². The minimum atomic E-state index is -3.46. The molecule has 6 heteroatoms. The molecule has 2 atom stereocenters. The lowest BCUT2D eigenvalue weighted by Crippen LogP contribution is -2.40. The Morgan fingerprint density at radius 2 is 1.35 bits per heavy atom. The van der Waals surface area contributed by atoms with E-state index in [0.29, 0.717) is 13.1 Å². The topological polar surface area (TPSA) is 62.5 Å². The number of aliphatic hydroxyl groups excluding tert-OH is 1. The minimum Gasteiger partial charge on any atom is -0.390 e. The Labute approximate surface area is 183 Å². The van der Waals surface area contributed by atoms with Crippen molar-refractivity contribution in [3.63, 3.8) is 0 Å². The van der Waals surface area contributed by atoms with E-state index in [4.69, 9.17) is 0 Å². The van der Waals surface area contributed by atoms with Crippen molar-refractivity contribution >= 4 is 31.8 Å². The Bertz CT molecular complexity index is 1230. The third-order valence-electron chi connectivity index (χ3n) is 5.80.